The summed E-state index contributed by atoms with van der Waals surface area (Å²) >= 11 is 0. The number of carbonyl (C=O) groups excluding carboxylic acids is 3. The Morgan fingerprint density at radius 1 is 0.947 bits per heavy atom. The summed E-state index contributed by atoms with van der Waals surface area (Å²) in [6.07, 6.45) is 1.04. The number of likely N-dealkylation sites (tertiary alicyclic amines) is 1. The molecule has 38 heavy (non-hydrogen) atoms. The number of hydrogen-bond donors (Lipinski definition) is 2. The van der Waals surface area contributed by atoms with Crippen molar-refractivity contribution in [3.8, 4) is 0 Å². The van der Waals surface area contributed by atoms with Crippen molar-refractivity contribution in [1.29, 1.82) is 0 Å². The molecule has 9 nitrogen and oxygen atoms in total. The summed E-state index contributed by atoms with van der Waals surface area (Å²) in [5.41, 5.74) is 3.03. The lowest BCUT2D eigenvalue weighted by molar-refractivity contribution is -0.129. The van der Waals surface area contributed by atoms with Gasteiger partial charge in [-0.3, -0.25) is 14.5 Å². The quantitative estimate of drug-likeness (QED) is 0.569. The zero-order valence-electron chi connectivity index (χ0n) is 22.3. The monoisotopic (exact) mass is 521 g/mol. The second-order valence-electron chi connectivity index (χ2n) is 10.9. The normalized spacial score (nSPS) is 17.9. The number of anilines is 1. The SMILES string of the molecule is CC(=O)N1CCC(c2cccc3c2CCN(C(=O)O)C3C(=O)Nc2ccc(C(=O)OC(C)(C)C)cc2)CC1. The number of nitrogens with zero attached hydrogens (tertiary/aromatic N) is 2. The van der Waals surface area contributed by atoms with Crippen LogP contribution in [-0.4, -0.2) is 64.0 Å². The molecule has 2 aliphatic heterocycles. The average Bonchev–Trinajstić information content (AvgIpc) is 2.87. The summed E-state index contributed by atoms with van der Waals surface area (Å²) in [4.78, 5) is 52.7. The van der Waals surface area contributed by atoms with Crippen LogP contribution >= 0.6 is 0 Å². The number of rotatable bonds is 4. The molecule has 0 aromatic heterocycles. The lowest BCUT2D eigenvalue weighted by atomic mass is 9.80. The Kier molecular flexibility index (Phi) is 7.76. The Labute approximate surface area is 222 Å². The summed E-state index contributed by atoms with van der Waals surface area (Å²) in [5.74, 6) is -0.593. The first-order valence-electron chi connectivity index (χ1n) is 13.0. The van der Waals surface area contributed by atoms with Gasteiger partial charge in [0.05, 0.1) is 5.56 Å². The first-order valence-corrected chi connectivity index (χ1v) is 13.0. The zero-order chi connectivity index (χ0) is 27.6. The average molecular weight is 522 g/mol. The van der Waals surface area contributed by atoms with Gasteiger partial charge >= 0.3 is 12.1 Å². The standard InChI is InChI=1S/C29H35N3O6/c1-18(33)31-15-12-19(13-16-31)22-6-5-7-24-23(22)14-17-32(28(36)37)25(24)26(34)30-21-10-8-20(9-11-21)27(35)38-29(2,3)4/h5-11,19,25H,12-17H2,1-4H3,(H,30,34)(H,36,37). The molecule has 4 rings (SSSR count). The number of fused-ring (bicyclic) bond motifs is 1. The van der Waals surface area contributed by atoms with Gasteiger partial charge in [-0.25, -0.2) is 9.59 Å². The molecule has 0 saturated carbocycles. The van der Waals surface area contributed by atoms with E-state index in [1.165, 1.54) is 4.90 Å². The fourth-order valence-corrected chi connectivity index (χ4v) is 5.31. The number of ether oxygens (including phenoxy) is 1. The molecule has 3 amide bonds. The van der Waals surface area contributed by atoms with E-state index < -0.39 is 29.6 Å². The predicted octanol–water partition coefficient (Wildman–Crippen LogP) is 4.58. The van der Waals surface area contributed by atoms with Crippen molar-refractivity contribution in [3.05, 3.63) is 64.7 Å². The van der Waals surface area contributed by atoms with Crippen molar-refractivity contribution in [1.82, 2.24) is 9.80 Å². The lowest BCUT2D eigenvalue weighted by Crippen LogP contribution is -2.45. The van der Waals surface area contributed by atoms with Gasteiger partial charge in [0, 0.05) is 32.2 Å². The molecule has 1 unspecified atom stereocenters. The van der Waals surface area contributed by atoms with Gasteiger partial charge in [-0.1, -0.05) is 18.2 Å². The molecule has 0 bridgehead atoms. The van der Waals surface area contributed by atoms with Crippen LogP contribution in [0.3, 0.4) is 0 Å². The molecule has 1 fully saturated rings. The Morgan fingerprint density at radius 2 is 1.58 bits per heavy atom. The summed E-state index contributed by atoms with van der Waals surface area (Å²) < 4.78 is 5.38. The molecule has 2 aromatic rings. The van der Waals surface area contributed by atoms with Crippen molar-refractivity contribution >= 4 is 29.6 Å². The summed E-state index contributed by atoms with van der Waals surface area (Å²) in [5, 5.41) is 12.7. The maximum atomic E-state index is 13.5. The minimum absolute atomic E-state index is 0.0755. The van der Waals surface area contributed by atoms with Crippen molar-refractivity contribution in [2.75, 3.05) is 25.0 Å². The molecular formula is C29H35N3O6. The van der Waals surface area contributed by atoms with Gasteiger partial charge in [0.1, 0.15) is 11.6 Å². The van der Waals surface area contributed by atoms with E-state index in [2.05, 4.69) is 11.4 Å². The summed E-state index contributed by atoms with van der Waals surface area (Å²) in [7, 11) is 0. The van der Waals surface area contributed by atoms with Crippen LogP contribution in [0.5, 0.6) is 0 Å². The molecule has 0 radical (unpaired) electrons. The highest BCUT2D eigenvalue weighted by molar-refractivity contribution is 5.98. The summed E-state index contributed by atoms with van der Waals surface area (Å²) in [6, 6.07) is 11.1. The number of benzene rings is 2. The number of nitrogens with one attached hydrogen (secondary N) is 1. The van der Waals surface area contributed by atoms with Crippen LogP contribution in [0.15, 0.2) is 42.5 Å². The third kappa shape index (κ3) is 5.98. The largest absolute Gasteiger partial charge is 0.465 e. The van der Waals surface area contributed by atoms with E-state index in [0.717, 1.165) is 24.0 Å². The number of amides is 3. The number of hydrogen-bond acceptors (Lipinski definition) is 5. The van der Waals surface area contributed by atoms with Crippen LogP contribution < -0.4 is 5.32 Å². The van der Waals surface area contributed by atoms with Crippen LogP contribution in [0, 0.1) is 0 Å². The number of piperidine rings is 1. The third-order valence-electron chi connectivity index (χ3n) is 7.12. The maximum absolute atomic E-state index is 13.5. The van der Waals surface area contributed by atoms with Crippen LogP contribution in [0.1, 0.15) is 79.5 Å². The molecule has 202 valence electrons. The second-order valence-corrected chi connectivity index (χ2v) is 10.9. The van der Waals surface area contributed by atoms with Gasteiger partial charge in [-0.05, 0) is 86.9 Å². The molecular weight excluding hydrogens is 486 g/mol. The zero-order valence-corrected chi connectivity index (χ0v) is 22.3. The first-order chi connectivity index (χ1) is 17.9. The van der Waals surface area contributed by atoms with Crippen molar-refractivity contribution in [2.24, 2.45) is 0 Å². The third-order valence-corrected chi connectivity index (χ3v) is 7.12. The second kappa shape index (κ2) is 10.8. The van der Waals surface area contributed by atoms with Crippen LogP contribution in [-0.2, 0) is 20.7 Å². The minimum atomic E-state index is -1.16. The van der Waals surface area contributed by atoms with Crippen molar-refractivity contribution < 1.29 is 29.0 Å². The molecule has 2 heterocycles. The smallest absolute Gasteiger partial charge is 0.408 e. The highest BCUT2D eigenvalue weighted by Crippen LogP contribution is 2.38. The van der Waals surface area contributed by atoms with E-state index in [4.69, 9.17) is 4.74 Å². The fourth-order valence-electron chi connectivity index (χ4n) is 5.31. The Morgan fingerprint density at radius 3 is 2.16 bits per heavy atom. The van der Waals surface area contributed by atoms with Crippen LogP contribution in [0.4, 0.5) is 10.5 Å². The van der Waals surface area contributed by atoms with Crippen LogP contribution in [0.2, 0.25) is 0 Å². The van der Waals surface area contributed by atoms with E-state index in [1.54, 1.807) is 52.0 Å². The minimum Gasteiger partial charge on any atom is -0.465 e. The molecule has 0 spiro atoms. The highest BCUT2D eigenvalue weighted by atomic mass is 16.6. The Balaban J connectivity index is 1.56. The number of esters is 1. The lowest BCUT2D eigenvalue weighted by Gasteiger charge is -2.38. The Hall–Kier alpha value is -3.88. The van der Waals surface area contributed by atoms with Crippen molar-refractivity contribution in [2.45, 2.75) is 64.5 Å². The molecule has 2 N–H and O–H groups in total. The molecule has 2 aromatic carbocycles. The van der Waals surface area contributed by atoms with E-state index >= 15 is 0 Å². The van der Waals surface area contributed by atoms with Gasteiger partial charge in [-0.15, -0.1) is 0 Å². The van der Waals surface area contributed by atoms with E-state index in [-0.39, 0.29) is 18.4 Å². The highest BCUT2D eigenvalue weighted by Gasteiger charge is 2.38. The molecule has 1 atom stereocenters. The summed E-state index contributed by atoms with van der Waals surface area (Å²) in [6.45, 7) is 8.53. The molecule has 0 aliphatic carbocycles. The molecule has 1 saturated heterocycles. The number of carbonyl (C=O) groups is 4. The van der Waals surface area contributed by atoms with Crippen molar-refractivity contribution in [3.63, 3.8) is 0 Å². The Bertz CT molecular complexity index is 1230. The maximum Gasteiger partial charge on any atom is 0.408 e. The van der Waals surface area contributed by atoms with Gasteiger partial charge in [0.2, 0.25) is 5.91 Å². The van der Waals surface area contributed by atoms with E-state index in [0.29, 0.717) is 36.3 Å². The van der Waals surface area contributed by atoms with Gasteiger partial charge in [0.15, 0.2) is 0 Å². The first kappa shape index (κ1) is 27.2. The molecule has 2 aliphatic rings. The number of carboxylic acid groups (broad SMARTS) is 1. The van der Waals surface area contributed by atoms with E-state index in [9.17, 15) is 24.3 Å². The van der Waals surface area contributed by atoms with E-state index in [1.807, 2.05) is 17.0 Å². The van der Waals surface area contributed by atoms with Gasteiger partial charge in [-0.2, -0.15) is 0 Å². The van der Waals surface area contributed by atoms with Crippen LogP contribution in [0.25, 0.3) is 0 Å². The predicted molar refractivity (Wildman–Crippen MR) is 142 cm³/mol. The fraction of sp³-hybridized carbons (Fsp3) is 0.448. The van der Waals surface area contributed by atoms with Gasteiger partial charge in [0.25, 0.3) is 5.91 Å². The molecule has 9 heteroatoms. The topological polar surface area (TPSA) is 116 Å². The van der Waals surface area contributed by atoms with Gasteiger partial charge < -0.3 is 20.1 Å².